The van der Waals surface area contributed by atoms with Gasteiger partial charge in [-0.05, 0) is 67.8 Å². The van der Waals surface area contributed by atoms with E-state index in [0.29, 0.717) is 29.9 Å². The fraction of sp³-hybridized carbons (Fsp3) is 0.231. The molecule has 1 heterocycles. The highest BCUT2D eigenvalue weighted by Gasteiger charge is 2.20. The van der Waals surface area contributed by atoms with Gasteiger partial charge in [-0.1, -0.05) is 35.9 Å². The van der Waals surface area contributed by atoms with Gasteiger partial charge in [0.15, 0.2) is 0 Å². The Morgan fingerprint density at radius 2 is 1.66 bits per heavy atom. The number of carbonyl (C=O) groups is 2. The third-order valence-corrected chi connectivity index (χ3v) is 5.47. The van der Waals surface area contributed by atoms with E-state index in [2.05, 4.69) is 15.5 Å². The smallest absolute Gasteiger partial charge is 0.255 e. The molecule has 1 aliphatic heterocycles. The summed E-state index contributed by atoms with van der Waals surface area (Å²) in [6.45, 7) is 5.38. The van der Waals surface area contributed by atoms with Gasteiger partial charge in [-0.15, -0.1) is 5.11 Å². The van der Waals surface area contributed by atoms with Crippen LogP contribution in [0.4, 0.5) is 17.1 Å². The Morgan fingerprint density at radius 3 is 2.34 bits per heavy atom. The van der Waals surface area contributed by atoms with Crippen LogP contribution in [0.25, 0.3) is 0 Å². The van der Waals surface area contributed by atoms with Crippen LogP contribution in [0.15, 0.2) is 77.0 Å². The zero-order chi connectivity index (χ0) is 22.5. The van der Waals surface area contributed by atoms with E-state index in [0.717, 1.165) is 35.3 Å². The molecule has 162 valence electrons. The summed E-state index contributed by atoms with van der Waals surface area (Å²) >= 11 is 0. The lowest BCUT2D eigenvalue weighted by Gasteiger charge is -2.15. The first kappa shape index (κ1) is 21.4. The highest BCUT2D eigenvalue weighted by Crippen LogP contribution is 2.29. The molecule has 0 aliphatic carbocycles. The number of carbonyl (C=O) groups excluding carboxylic acids is 2. The van der Waals surface area contributed by atoms with Crippen LogP contribution in [-0.4, -0.2) is 23.3 Å². The molecule has 0 unspecified atom stereocenters. The van der Waals surface area contributed by atoms with E-state index in [1.54, 1.807) is 12.1 Å². The molecule has 0 atom stereocenters. The van der Waals surface area contributed by atoms with Crippen LogP contribution in [0.2, 0.25) is 0 Å². The van der Waals surface area contributed by atoms with Crippen molar-refractivity contribution in [2.24, 2.45) is 10.2 Å². The molecule has 0 bridgehead atoms. The molecular weight excluding hydrogens is 400 g/mol. The first-order valence-corrected chi connectivity index (χ1v) is 10.7. The Balaban J connectivity index is 1.46. The summed E-state index contributed by atoms with van der Waals surface area (Å²) in [5.74, 6) is -0.0250. The van der Waals surface area contributed by atoms with E-state index >= 15 is 0 Å². The topological polar surface area (TPSA) is 74.1 Å². The summed E-state index contributed by atoms with van der Waals surface area (Å²) in [4.78, 5) is 26.5. The number of rotatable bonds is 6. The molecule has 3 aromatic carbocycles. The van der Waals surface area contributed by atoms with Gasteiger partial charge >= 0.3 is 0 Å². The second-order valence-electron chi connectivity index (χ2n) is 8.13. The van der Waals surface area contributed by atoms with E-state index in [1.807, 2.05) is 73.3 Å². The quantitative estimate of drug-likeness (QED) is 0.484. The first-order chi connectivity index (χ1) is 15.5. The normalized spacial score (nSPS) is 13.7. The van der Waals surface area contributed by atoms with Crippen molar-refractivity contribution in [1.82, 2.24) is 4.90 Å². The van der Waals surface area contributed by atoms with Crippen molar-refractivity contribution in [2.75, 3.05) is 11.9 Å². The van der Waals surface area contributed by atoms with Crippen molar-refractivity contribution in [3.63, 3.8) is 0 Å². The Labute approximate surface area is 188 Å². The maximum atomic E-state index is 12.8. The highest BCUT2D eigenvalue weighted by atomic mass is 16.2. The summed E-state index contributed by atoms with van der Waals surface area (Å²) in [6.07, 6.45) is 1.54. The Bertz CT molecular complexity index is 1150. The maximum absolute atomic E-state index is 12.8. The zero-order valence-corrected chi connectivity index (χ0v) is 18.3. The highest BCUT2D eigenvalue weighted by molar-refractivity contribution is 6.05. The monoisotopic (exact) mass is 426 g/mol. The van der Waals surface area contributed by atoms with Gasteiger partial charge < -0.3 is 10.2 Å². The van der Waals surface area contributed by atoms with Gasteiger partial charge in [0.05, 0.1) is 11.4 Å². The molecule has 3 aromatic rings. The van der Waals surface area contributed by atoms with Gasteiger partial charge in [-0.3, -0.25) is 9.59 Å². The summed E-state index contributed by atoms with van der Waals surface area (Å²) in [5.41, 5.74) is 5.70. The number of hydrogen-bond acceptors (Lipinski definition) is 4. The minimum Gasteiger partial charge on any atom is -0.338 e. The van der Waals surface area contributed by atoms with Crippen LogP contribution in [-0.2, 0) is 11.3 Å². The standard InChI is InChI=1S/C26H26N4O2/c1-18-5-12-22(13-6-18)28-29-24-16-19(2)7-14-23(24)27-26(32)21-10-8-20(9-11-21)17-30-15-3-4-25(30)31/h5-14,16H,3-4,15,17H2,1-2H3,(H,27,32). The van der Waals surface area contributed by atoms with Crippen LogP contribution >= 0.6 is 0 Å². The number of likely N-dealkylation sites (tertiary alicyclic amines) is 1. The second-order valence-corrected chi connectivity index (χ2v) is 8.13. The van der Waals surface area contributed by atoms with Crippen molar-refractivity contribution >= 4 is 28.9 Å². The van der Waals surface area contributed by atoms with Crippen molar-refractivity contribution in [2.45, 2.75) is 33.2 Å². The molecule has 6 heteroatoms. The molecule has 1 aliphatic rings. The van der Waals surface area contributed by atoms with E-state index < -0.39 is 0 Å². The van der Waals surface area contributed by atoms with Gasteiger partial charge in [-0.2, -0.15) is 5.11 Å². The average Bonchev–Trinajstić information content (AvgIpc) is 3.19. The molecule has 6 nitrogen and oxygen atoms in total. The fourth-order valence-corrected chi connectivity index (χ4v) is 3.60. The van der Waals surface area contributed by atoms with E-state index in [1.165, 1.54) is 0 Å². The molecular formula is C26H26N4O2. The minimum atomic E-state index is -0.218. The number of benzene rings is 3. The summed E-state index contributed by atoms with van der Waals surface area (Å²) in [7, 11) is 0. The molecule has 0 saturated carbocycles. The predicted octanol–water partition coefficient (Wildman–Crippen LogP) is 6.09. The molecule has 0 radical (unpaired) electrons. The van der Waals surface area contributed by atoms with E-state index in [9.17, 15) is 9.59 Å². The minimum absolute atomic E-state index is 0.193. The number of nitrogens with one attached hydrogen (secondary N) is 1. The SMILES string of the molecule is Cc1ccc(N=Nc2cc(C)ccc2NC(=O)c2ccc(CN3CCCC3=O)cc2)cc1. The largest absolute Gasteiger partial charge is 0.338 e. The number of anilines is 1. The summed E-state index contributed by atoms with van der Waals surface area (Å²) in [6, 6.07) is 20.8. The lowest BCUT2D eigenvalue weighted by molar-refractivity contribution is -0.128. The molecule has 4 rings (SSSR count). The van der Waals surface area contributed by atoms with Gasteiger partial charge in [0.25, 0.3) is 5.91 Å². The Kier molecular flexibility index (Phi) is 6.40. The van der Waals surface area contributed by atoms with Crippen molar-refractivity contribution in [3.8, 4) is 0 Å². The molecule has 1 saturated heterocycles. The summed E-state index contributed by atoms with van der Waals surface area (Å²) < 4.78 is 0. The van der Waals surface area contributed by atoms with Crippen molar-refractivity contribution in [1.29, 1.82) is 0 Å². The van der Waals surface area contributed by atoms with Crippen LogP contribution in [0, 0.1) is 13.8 Å². The molecule has 0 aromatic heterocycles. The fourth-order valence-electron chi connectivity index (χ4n) is 3.60. The Morgan fingerprint density at radius 1 is 0.938 bits per heavy atom. The van der Waals surface area contributed by atoms with E-state index in [-0.39, 0.29) is 11.8 Å². The summed E-state index contributed by atoms with van der Waals surface area (Å²) in [5, 5.41) is 11.6. The molecule has 32 heavy (non-hydrogen) atoms. The van der Waals surface area contributed by atoms with Crippen LogP contribution in [0.5, 0.6) is 0 Å². The van der Waals surface area contributed by atoms with E-state index in [4.69, 9.17) is 0 Å². The molecule has 1 N–H and O–H groups in total. The predicted molar refractivity (Wildman–Crippen MR) is 126 cm³/mol. The van der Waals surface area contributed by atoms with Crippen molar-refractivity contribution < 1.29 is 9.59 Å². The first-order valence-electron chi connectivity index (χ1n) is 10.7. The van der Waals surface area contributed by atoms with Gasteiger partial charge in [0, 0.05) is 25.1 Å². The number of amides is 2. The number of nitrogens with zero attached hydrogens (tertiary/aromatic N) is 3. The average molecular weight is 427 g/mol. The third kappa shape index (κ3) is 5.27. The second kappa shape index (κ2) is 9.56. The zero-order valence-electron chi connectivity index (χ0n) is 18.3. The third-order valence-electron chi connectivity index (χ3n) is 5.47. The molecule has 2 amide bonds. The lowest BCUT2D eigenvalue weighted by atomic mass is 10.1. The van der Waals surface area contributed by atoms with Gasteiger partial charge in [0.1, 0.15) is 5.69 Å². The Hall–Kier alpha value is -3.80. The number of aryl methyl sites for hydroxylation is 2. The van der Waals surface area contributed by atoms with Crippen LogP contribution < -0.4 is 5.32 Å². The molecule has 0 spiro atoms. The lowest BCUT2D eigenvalue weighted by Crippen LogP contribution is -2.23. The maximum Gasteiger partial charge on any atom is 0.255 e. The molecule has 1 fully saturated rings. The van der Waals surface area contributed by atoms with Gasteiger partial charge in [-0.25, -0.2) is 0 Å². The van der Waals surface area contributed by atoms with Crippen LogP contribution in [0.1, 0.15) is 39.9 Å². The van der Waals surface area contributed by atoms with Gasteiger partial charge in [0.2, 0.25) is 5.91 Å². The number of hydrogen-bond donors (Lipinski definition) is 1. The van der Waals surface area contributed by atoms with Crippen molar-refractivity contribution in [3.05, 3.63) is 89.0 Å². The number of azo groups is 1. The van der Waals surface area contributed by atoms with Crippen LogP contribution in [0.3, 0.4) is 0 Å².